The molecule has 3 saturated heterocycles. The quantitative estimate of drug-likeness (QED) is 0.239. The number of likely N-dealkylation sites (tertiary alicyclic amines) is 1. The maximum Gasteiger partial charge on any atom is 0.322 e. The first-order chi connectivity index (χ1) is 12.5. The van der Waals surface area contributed by atoms with Gasteiger partial charge in [-0.1, -0.05) is 0 Å². The van der Waals surface area contributed by atoms with Gasteiger partial charge in [0.2, 0.25) is 0 Å². The van der Waals surface area contributed by atoms with Crippen LogP contribution in [0.1, 0.15) is 46.0 Å². The molecule has 0 aromatic carbocycles. The van der Waals surface area contributed by atoms with E-state index in [-0.39, 0.29) is 47.9 Å². The van der Waals surface area contributed by atoms with Crippen LogP contribution in [0.2, 0.25) is 0 Å². The maximum absolute atomic E-state index is 12.1. The molecule has 9 heteroatoms. The van der Waals surface area contributed by atoms with Crippen molar-refractivity contribution in [2.45, 2.75) is 57.6 Å². The summed E-state index contributed by atoms with van der Waals surface area (Å²) in [5.41, 5.74) is -0.797. The molecule has 3 aliphatic rings. The number of guanidine groups is 1. The standard InChI is InChI=1S/C18H31N5O3.HI/c1-3-19-16(20-12-14-6-4-5-11-26-14)23-9-7-13(8-10-23)18(2)15(24)21-17(25)22-18;/h13-14H,3-12H2,1-2H3,(H,19,20)(H2,21,22,24,25);1H. The summed E-state index contributed by atoms with van der Waals surface area (Å²) < 4.78 is 5.78. The van der Waals surface area contributed by atoms with E-state index < -0.39 is 5.54 Å². The Labute approximate surface area is 178 Å². The summed E-state index contributed by atoms with van der Waals surface area (Å²) in [5, 5.41) is 8.54. The molecule has 0 aromatic heterocycles. The van der Waals surface area contributed by atoms with Crippen LogP contribution >= 0.6 is 24.0 Å². The van der Waals surface area contributed by atoms with E-state index in [1.165, 1.54) is 6.42 Å². The summed E-state index contributed by atoms with van der Waals surface area (Å²) in [6.07, 6.45) is 5.36. The number of hydrogen-bond donors (Lipinski definition) is 3. The number of rotatable bonds is 4. The molecule has 0 aliphatic carbocycles. The fraction of sp³-hybridized carbons (Fsp3) is 0.833. The summed E-state index contributed by atoms with van der Waals surface area (Å²) in [4.78, 5) is 30.7. The molecule has 0 saturated carbocycles. The molecule has 3 amide bonds. The van der Waals surface area contributed by atoms with Gasteiger partial charge in [-0.3, -0.25) is 15.1 Å². The van der Waals surface area contributed by atoms with E-state index >= 15 is 0 Å². The average Bonchev–Trinajstić information content (AvgIpc) is 2.92. The number of halogens is 1. The molecule has 3 N–H and O–H groups in total. The monoisotopic (exact) mass is 493 g/mol. The molecule has 3 heterocycles. The van der Waals surface area contributed by atoms with Gasteiger partial charge in [-0.2, -0.15) is 0 Å². The van der Waals surface area contributed by atoms with Gasteiger partial charge in [-0.05, 0) is 51.9 Å². The van der Waals surface area contributed by atoms with Crippen molar-refractivity contribution >= 4 is 41.9 Å². The number of amides is 3. The number of hydrogen-bond acceptors (Lipinski definition) is 4. The molecule has 0 bridgehead atoms. The molecule has 2 atom stereocenters. The van der Waals surface area contributed by atoms with E-state index in [2.05, 4.69) is 27.8 Å². The fourth-order valence-electron chi connectivity index (χ4n) is 4.08. The summed E-state index contributed by atoms with van der Waals surface area (Å²) >= 11 is 0. The second-order valence-corrected chi connectivity index (χ2v) is 7.56. The first kappa shape index (κ1) is 22.2. The molecule has 3 rings (SSSR count). The number of ether oxygens (including phenoxy) is 1. The summed E-state index contributed by atoms with van der Waals surface area (Å²) in [7, 11) is 0. The molecule has 3 aliphatic heterocycles. The molecule has 0 radical (unpaired) electrons. The van der Waals surface area contributed by atoms with Crippen LogP contribution in [-0.4, -0.2) is 67.2 Å². The van der Waals surface area contributed by atoms with Gasteiger partial charge in [0.25, 0.3) is 5.91 Å². The van der Waals surface area contributed by atoms with Crippen molar-refractivity contribution in [3.8, 4) is 0 Å². The second-order valence-electron chi connectivity index (χ2n) is 7.56. The topological polar surface area (TPSA) is 95.1 Å². The molecule has 2 unspecified atom stereocenters. The van der Waals surface area contributed by atoms with Crippen LogP contribution in [0.15, 0.2) is 4.99 Å². The van der Waals surface area contributed by atoms with Gasteiger partial charge < -0.3 is 20.3 Å². The lowest BCUT2D eigenvalue weighted by Gasteiger charge is -2.39. The van der Waals surface area contributed by atoms with Crippen molar-refractivity contribution in [1.29, 1.82) is 0 Å². The Hall–Kier alpha value is -1.10. The minimum absolute atomic E-state index is 0. The largest absolute Gasteiger partial charge is 0.376 e. The van der Waals surface area contributed by atoms with Crippen LogP contribution in [0, 0.1) is 5.92 Å². The molecular weight excluding hydrogens is 461 g/mol. The van der Waals surface area contributed by atoms with Gasteiger partial charge in [-0.15, -0.1) is 24.0 Å². The van der Waals surface area contributed by atoms with Crippen LogP contribution in [0.4, 0.5) is 4.79 Å². The minimum Gasteiger partial charge on any atom is -0.376 e. The van der Waals surface area contributed by atoms with E-state index in [1.54, 1.807) is 0 Å². The normalized spacial score (nSPS) is 29.8. The maximum atomic E-state index is 12.1. The second kappa shape index (κ2) is 9.90. The number of imide groups is 1. The molecular formula is C18H32IN5O3. The fourth-order valence-corrected chi connectivity index (χ4v) is 4.08. The highest BCUT2D eigenvalue weighted by Gasteiger charge is 2.48. The van der Waals surface area contributed by atoms with E-state index in [0.717, 1.165) is 57.9 Å². The number of carbonyl (C=O) groups excluding carboxylic acids is 2. The average molecular weight is 493 g/mol. The number of nitrogens with zero attached hydrogens (tertiary/aromatic N) is 2. The van der Waals surface area contributed by atoms with Gasteiger partial charge in [0.15, 0.2) is 5.96 Å². The highest BCUT2D eigenvalue weighted by atomic mass is 127. The highest BCUT2D eigenvalue weighted by Crippen LogP contribution is 2.30. The van der Waals surface area contributed by atoms with Crippen LogP contribution in [0.3, 0.4) is 0 Å². The minimum atomic E-state index is -0.797. The number of aliphatic imine (C=N–C) groups is 1. The molecule has 0 aromatic rings. The van der Waals surface area contributed by atoms with Crippen LogP contribution in [0.5, 0.6) is 0 Å². The Balaban J connectivity index is 0.00000261. The number of carbonyl (C=O) groups is 2. The zero-order chi connectivity index (χ0) is 18.6. The first-order valence-corrected chi connectivity index (χ1v) is 9.81. The lowest BCUT2D eigenvalue weighted by atomic mass is 9.79. The van der Waals surface area contributed by atoms with Crippen molar-refractivity contribution in [2.24, 2.45) is 10.9 Å². The highest BCUT2D eigenvalue weighted by molar-refractivity contribution is 14.0. The predicted molar refractivity (Wildman–Crippen MR) is 114 cm³/mol. The van der Waals surface area contributed by atoms with Gasteiger partial charge >= 0.3 is 6.03 Å². The molecule has 27 heavy (non-hydrogen) atoms. The summed E-state index contributed by atoms with van der Waals surface area (Å²) in [6.45, 7) is 7.89. The van der Waals surface area contributed by atoms with E-state index in [1.807, 2.05) is 6.92 Å². The van der Waals surface area contributed by atoms with E-state index in [0.29, 0.717) is 6.54 Å². The van der Waals surface area contributed by atoms with E-state index in [9.17, 15) is 9.59 Å². The number of urea groups is 1. The van der Waals surface area contributed by atoms with Crippen molar-refractivity contribution in [2.75, 3.05) is 32.8 Å². The van der Waals surface area contributed by atoms with Crippen molar-refractivity contribution < 1.29 is 14.3 Å². The summed E-state index contributed by atoms with van der Waals surface area (Å²) in [5.74, 6) is 0.843. The third-order valence-electron chi connectivity index (χ3n) is 5.74. The first-order valence-electron chi connectivity index (χ1n) is 9.81. The van der Waals surface area contributed by atoms with Gasteiger partial charge in [-0.25, -0.2) is 4.79 Å². The van der Waals surface area contributed by atoms with Crippen LogP contribution in [0.25, 0.3) is 0 Å². The van der Waals surface area contributed by atoms with Crippen molar-refractivity contribution in [1.82, 2.24) is 20.9 Å². The Morgan fingerprint density at radius 3 is 2.59 bits per heavy atom. The van der Waals surface area contributed by atoms with Gasteiger partial charge in [0.1, 0.15) is 5.54 Å². The molecule has 8 nitrogen and oxygen atoms in total. The Kier molecular flexibility index (Phi) is 8.14. The van der Waals surface area contributed by atoms with Crippen molar-refractivity contribution in [3.05, 3.63) is 0 Å². The molecule has 154 valence electrons. The van der Waals surface area contributed by atoms with Crippen molar-refractivity contribution in [3.63, 3.8) is 0 Å². The Morgan fingerprint density at radius 1 is 1.30 bits per heavy atom. The Morgan fingerprint density at radius 2 is 2.04 bits per heavy atom. The third kappa shape index (κ3) is 5.24. The number of piperidine rings is 1. The van der Waals surface area contributed by atoms with E-state index in [4.69, 9.17) is 9.73 Å². The summed E-state index contributed by atoms with van der Waals surface area (Å²) in [6, 6.07) is -0.387. The predicted octanol–water partition coefficient (Wildman–Crippen LogP) is 1.45. The lowest BCUT2D eigenvalue weighted by molar-refractivity contribution is -0.125. The zero-order valence-electron chi connectivity index (χ0n) is 16.3. The molecule has 0 spiro atoms. The number of nitrogens with one attached hydrogen (secondary N) is 3. The zero-order valence-corrected chi connectivity index (χ0v) is 18.6. The molecule has 3 fully saturated rings. The SMILES string of the molecule is CCNC(=NCC1CCCCO1)N1CCC(C2(C)NC(=O)NC2=O)CC1.I. The third-order valence-corrected chi connectivity index (χ3v) is 5.74. The van der Waals surface area contributed by atoms with Crippen LogP contribution in [-0.2, 0) is 9.53 Å². The van der Waals surface area contributed by atoms with Gasteiger partial charge in [0.05, 0.1) is 12.6 Å². The Bertz CT molecular complexity index is 559. The lowest BCUT2D eigenvalue weighted by Crippen LogP contribution is -2.55. The van der Waals surface area contributed by atoms with Crippen LogP contribution < -0.4 is 16.0 Å². The van der Waals surface area contributed by atoms with Gasteiger partial charge in [0, 0.05) is 26.2 Å². The smallest absolute Gasteiger partial charge is 0.322 e.